The average Bonchev–Trinajstić information content (AvgIpc) is 2.21. The smallest absolute Gasteiger partial charge is 0.335 e. The zero-order chi connectivity index (χ0) is 11.5. The number of unbranched alkanes of at least 4 members (excludes halogenated alkanes) is 3. The molecular formula is C13H20O2. The summed E-state index contributed by atoms with van der Waals surface area (Å²) in [6.07, 6.45) is 13.7. The maximum absolute atomic E-state index is 10.6. The van der Waals surface area contributed by atoms with Gasteiger partial charge in [-0.2, -0.15) is 0 Å². The van der Waals surface area contributed by atoms with Gasteiger partial charge in [0.15, 0.2) is 0 Å². The maximum atomic E-state index is 10.6. The summed E-state index contributed by atoms with van der Waals surface area (Å²) in [4.78, 5) is 10.6. The number of hydrogen-bond acceptors (Lipinski definition) is 1. The van der Waals surface area contributed by atoms with E-state index >= 15 is 0 Å². The van der Waals surface area contributed by atoms with Crippen LogP contribution in [0.2, 0.25) is 0 Å². The van der Waals surface area contributed by atoms with Gasteiger partial charge in [0.05, 0.1) is 5.57 Å². The van der Waals surface area contributed by atoms with Gasteiger partial charge in [-0.15, -0.1) is 0 Å². The molecule has 0 spiro atoms. The van der Waals surface area contributed by atoms with Gasteiger partial charge in [0.2, 0.25) is 0 Å². The quantitative estimate of drug-likeness (QED) is 0.393. The second kappa shape index (κ2) is 9.25. The first-order valence-corrected chi connectivity index (χ1v) is 5.45. The Bertz CT molecular complexity index is 260. The van der Waals surface area contributed by atoms with Crippen molar-refractivity contribution in [1.82, 2.24) is 0 Å². The molecule has 2 nitrogen and oxygen atoms in total. The van der Waals surface area contributed by atoms with Crippen LogP contribution in [0.3, 0.4) is 0 Å². The fourth-order valence-electron chi connectivity index (χ4n) is 1.14. The van der Waals surface area contributed by atoms with Gasteiger partial charge in [-0.05, 0) is 25.8 Å². The molecule has 0 radical (unpaired) electrons. The highest BCUT2D eigenvalue weighted by Crippen LogP contribution is 2.01. The molecule has 0 aromatic rings. The van der Waals surface area contributed by atoms with Crippen molar-refractivity contribution in [3.8, 4) is 0 Å². The molecule has 0 amide bonds. The standard InChI is InChI=1S/C13H20O2/c1-3-5-6-7-8-9-10-11-12(4-2)13(14)15/h4,8-11H,3,5-7H2,1-2H3,(H,14,15)/b9-8+,11-10+,12-4-. The van der Waals surface area contributed by atoms with Crippen molar-refractivity contribution in [2.75, 3.05) is 0 Å². The van der Waals surface area contributed by atoms with Crippen LogP contribution in [-0.4, -0.2) is 11.1 Å². The third kappa shape index (κ3) is 7.74. The summed E-state index contributed by atoms with van der Waals surface area (Å²) in [7, 11) is 0. The van der Waals surface area contributed by atoms with Crippen molar-refractivity contribution in [2.45, 2.75) is 39.5 Å². The van der Waals surface area contributed by atoms with Crippen molar-refractivity contribution in [1.29, 1.82) is 0 Å². The lowest BCUT2D eigenvalue weighted by molar-refractivity contribution is -0.132. The lowest BCUT2D eigenvalue weighted by Gasteiger charge is -1.91. The number of allylic oxidation sites excluding steroid dienone is 4. The normalized spacial score (nSPS) is 12.8. The van der Waals surface area contributed by atoms with Crippen LogP contribution in [0.25, 0.3) is 0 Å². The summed E-state index contributed by atoms with van der Waals surface area (Å²) in [6.45, 7) is 3.90. The highest BCUT2D eigenvalue weighted by Gasteiger charge is 1.98. The van der Waals surface area contributed by atoms with Crippen molar-refractivity contribution >= 4 is 5.97 Å². The molecule has 0 aromatic carbocycles. The third-order valence-corrected chi connectivity index (χ3v) is 2.06. The van der Waals surface area contributed by atoms with Crippen LogP contribution in [0.4, 0.5) is 0 Å². The Morgan fingerprint density at radius 1 is 1.27 bits per heavy atom. The average molecular weight is 208 g/mol. The number of rotatable bonds is 7. The largest absolute Gasteiger partial charge is 0.478 e. The molecule has 1 N–H and O–H groups in total. The minimum Gasteiger partial charge on any atom is -0.478 e. The second-order valence-corrected chi connectivity index (χ2v) is 3.33. The van der Waals surface area contributed by atoms with E-state index in [2.05, 4.69) is 13.0 Å². The molecule has 2 heteroatoms. The predicted octanol–water partition coefficient (Wildman–Crippen LogP) is 3.71. The lowest BCUT2D eigenvalue weighted by atomic mass is 10.2. The molecule has 0 atom stereocenters. The first-order valence-electron chi connectivity index (χ1n) is 5.45. The molecule has 0 saturated heterocycles. The summed E-state index contributed by atoms with van der Waals surface area (Å²) < 4.78 is 0. The Labute approximate surface area is 92.0 Å². The van der Waals surface area contributed by atoms with Crippen LogP contribution in [0, 0.1) is 0 Å². The van der Waals surface area contributed by atoms with Gasteiger partial charge in [0.1, 0.15) is 0 Å². The highest BCUT2D eigenvalue weighted by molar-refractivity contribution is 5.89. The van der Waals surface area contributed by atoms with Crippen LogP contribution in [0.1, 0.15) is 39.5 Å². The van der Waals surface area contributed by atoms with E-state index in [1.54, 1.807) is 25.2 Å². The Kier molecular flexibility index (Phi) is 8.44. The Morgan fingerprint density at radius 2 is 2.00 bits per heavy atom. The molecule has 0 aliphatic rings. The zero-order valence-electron chi connectivity index (χ0n) is 9.57. The minimum atomic E-state index is -0.881. The lowest BCUT2D eigenvalue weighted by Crippen LogP contribution is -1.96. The molecular weight excluding hydrogens is 188 g/mol. The molecule has 84 valence electrons. The van der Waals surface area contributed by atoms with Crippen LogP contribution in [0.15, 0.2) is 36.0 Å². The molecule has 0 aliphatic carbocycles. The molecule has 0 aromatic heterocycles. The predicted molar refractivity (Wildman–Crippen MR) is 63.8 cm³/mol. The molecule has 15 heavy (non-hydrogen) atoms. The Balaban J connectivity index is 3.83. The summed E-state index contributed by atoms with van der Waals surface area (Å²) in [5.74, 6) is -0.881. The third-order valence-electron chi connectivity index (χ3n) is 2.06. The van der Waals surface area contributed by atoms with E-state index in [4.69, 9.17) is 5.11 Å². The number of aliphatic carboxylic acids is 1. The monoisotopic (exact) mass is 208 g/mol. The molecule has 0 unspecified atom stereocenters. The first kappa shape index (κ1) is 13.7. The van der Waals surface area contributed by atoms with Crippen LogP contribution >= 0.6 is 0 Å². The molecule has 0 aliphatic heterocycles. The molecule has 0 heterocycles. The van der Waals surface area contributed by atoms with Gasteiger partial charge in [-0.1, -0.05) is 44.1 Å². The van der Waals surface area contributed by atoms with Gasteiger partial charge in [0, 0.05) is 0 Å². The number of carboxylic acid groups (broad SMARTS) is 1. The maximum Gasteiger partial charge on any atom is 0.335 e. The van der Waals surface area contributed by atoms with E-state index in [1.165, 1.54) is 19.3 Å². The summed E-state index contributed by atoms with van der Waals surface area (Å²) in [5.41, 5.74) is 0.327. The van der Waals surface area contributed by atoms with Gasteiger partial charge in [0.25, 0.3) is 0 Å². The van der Waals surface area contributed by atoms with E-state index in [1.807, 2.05) is 6.08 Å². The number of carboxylic acids is 1. The van der Waals surface area contributed by atoms with E-state index in [9.17, 15) is 4.79 Å². The number of hydrogen-bond donors (Lipinski definition) is 1. The van der Waals surface area contributed by atoms with E-state index in [0.29, 0.717) is 5.57 Å². The van der Waals surface area contributed by atoms with Gasteiger partial charge >= 0.3 is 5.97 Å². The Morgan fingerprint density at radius 3 is 2.53 bits per heavy atom. The summed E-state index contributed by atoms with van der Waals surface area (Å²) >= 11 is 0. The minimum absolute atomic E-state index is 0.327. The van der Waals surface area contributed by atoms with Crippen molar-refractivity contribution in [3.63, 3.8) is 0 Å². The first-order chi connectivity index (χ1) is 7.22. The second-order valence-electron chi connectivity index (χ2n) is 3.33. The summed E-state index contributed by atoms with van der Waals surface area (Å²) in [5, 5.41) is 8.70. The molecule has 0 fully saturated rings. The van der Waals surface area contributed by atoms with Crippen LogP contribution in [-0.2, 0) is 4.79 Å². The highest BCUT2D eigenvalue weighted by atomic mass is 16.4. The molecule has 0 saturated carbocycles. The van der Waals surface area contributed by atoms with Crippen molar-refractivity contribution in [3.05, 3.63) is 36.0 Å². The zero-order valence-corrected chi connectivity index (χ0v) is 9.57. The SMILES string of the molecule is C/C=C(/C=C/C=C/CCCCC)C(=O)O. The number of carbonyl (C=O) groups is 1. The van der Waals surface area contributed by atoms with Gasteiger partial charge in [-0.25, -0.2) is 4.79 Å². The van der Waals surface area contributed by atoms with Crippen LogP contribution < -0.4 is 0 Å². The molecule has 0 bridgehead atoms. The Hall–Kier alpha value is -1.31. The van der Waals surface area contributed by atoms with E-state index in [-0.39, 0.29) is 0 Å². The van der Waals surface area contributed by atoms with Gasteiger partial charge < -0.3 is 5.11 Å². The fourth-order valence-corrected chi connectivity index (χ4v) is 1.14. The van der Waals surface area contributed by atoms with E-state index in [0.717, 1.165) is 6.42 Å². The van der Waals surface area contributed by atoms with Gasteiger partial charge in [-0.3, -0.25) is 0 Å². The molecule has 0 rings (SSSR count). The van der Waals surface area contributed by atoms with Crippen LogP contribution in [0.5, 0.6) is 0 Å². The fraction of sp³-hybridized carbons (Fsp3) is 0.462. The van der Waals surface area contributed by atoms with Crippen molar-refractivity contribution < 1.29 is 9.90 Å². The summed E-state index contributed by atoms with van der Waals surface area (Å²) in [6, 6.07) is 0. The topological polar surface area (TPSA) is 37.3 Å². The van der Waals surface area contributed by atoms with Crippen molar-refractivity contribution in [2.24, 2.45) is 0 Å². The van der Waals surface area contributed by atoms with E-state index < -0.39 is 5.97 Å².